The molecule has 0 aromatic rings. The van der Waals surface area contributed by atoms with Crippen LogP contribution in [0.3, 0.4) is 0 Å². The lowest BCUT2D eigenvalue weighted by Gasteiger charge is -2.24. The molecule has 1 aliphatic rings. The van der Waals surface area contributed by atoms with Crippen molar-refractivity contribution in [1.82, 2.24) is 10.6 Å². The van der Waals surface area contributed by atoms with E-state index in [0.717, 1.165) is 0 Å². The standard InChI is InChI=1S/C9H14N2O5/c1-16-4-6(9(14)15)10-5-2-3-7(12)11-8(5)13/h5-6,10H,2-4H2,1H3,(H,14,15)(H,11,12,13). The predicted octanol–water partition coefficient (Wildman–Crippen LogP) is -1.52. The number of carbonyl (C=O) groups is 3. The summed E-state index contributed by atoms with van der Waals surface area (Å²) >= 11 is 0. The van der Waals surface area contributed by atoms with E-state index in [1.54, 1.807) is 0 Å². The van der Waals surface area contributed by atoms with Gasteiger partial charge in [0.15, 0.2) is 0 Å². The number of methoxy groups -OCH3 is 1. The zero-order chi connectivity index (χ0) is 12.1. The quantitative estimate of drug-likeness (QED) is 0.495. The van der Waals surface area contributed by atoms with Gasteiger partial charge in [-0.2, -0.15) is 0 Å². The maximum absolute atomic E-state index is 11.3. The van der Waals surface area contributed by atoms with Crippen LogP contribution in [0.1, 0.15) is 12.8 Å². The minimum atomic E-state index is -1.09. The van der Waals surface area contributed by atoms with Crippen LogP contribution in [0.5, 0.6) is 0 Å². The van der Waals surface area contributed by atoms with Crippen LogP contribution in [0, 0.1) is 0 Å². The number of carbonyl (C=O) groups excluding carboxylic acids is 2. The fourth-order valence-electron chi connectivity index (χ4n) is 1.45. The normalized spacial score (nSPS) is 22.7. The number of rotatable bonds is 5. The summed E-state index contributed by atoms with van der Waals surface area (Å²) in [6.45, 7) is -0.0347. The number of piperidine rings is 1. The fraction of sp³-hybridized carbons (Fsp3) is 0.667. The third-order valence-corrected chi connectivity index (χ3v) is 2.27. The molecule has 1 rings (SSSR count). The van der Waals surface area contributed by atoms with Crippen molar-refractivity contribution >= 4 is 17.8 Å². The van der Waals surface area contributed by atoms with Crippen LogP contribution in [0.25, 0.3) is 0 Å². The van der Waals surface area contributed by atoms with Gasteiger partial charge in [0.05, 0.1) is 12.6 Å². The summed E-state index contributed by atoms with van der Waals surface area (Å²) in [7, 11) is 1.38. The number of amides is 2. The molecule has 7 nitrogen and oxygen atoms in total. The first-order valence-corrected chi connectivity index (χ1v) is 4.86. The Balaban J connectivity index is 2.54. The maximum atomic E-state index is 11.3. The van der Waals surface area contributed by atoms with Gasteiger partial charge >= 0.3 is 5.97 Å². The van der Waals surface area contributed by atoms with Crippen molar-refractivity contribution in [3.63, 3.8) is 0 Å². The molecule has 0 aromatic carbocycles. The Morgan fingerprint density at radius 3 is 2.88 bits per heavy atom. The summed E-state index contributed by atoms with van der Waals surface area (Å²) in [4.78, 5) is 33.0. The highest BCUT2D eigenvalue weighted by Crippen LogP contribution is 2.05. The molecule has 2 unspecified atom stereocenters. The number of hydrogen-bond acceptors (Lipinski definition) is 5. The summed E-state index contributed by atoms with van der Waals surface area (Å²) in [5.41, 5.74) is 0. The predicted molar refractivity (Wildman–Crippen MR) is 52.6 cm³/mol. The monoisotopic (exact) mass is 230 g/mol. The molecule has 3 N–H and O–H groups in total. The Bertz CT molecular complexity index is 304. The van der Waals surface area contributed by atoms with Crippen molar-refractivity contribution in [3.05, 3.63) is 0 Å². The number of aliphatic carboxylic acids is 1. The second kappa shape index (κ2) is 5.57. The molecular formula is C9H14N2O5. The summed E-state index contributed by atoms with van der Waals surface area (Å²) in [5.74, 6) is -1.91. The molecule has 7 heteroatoms. The first kappa shape index (κ1) is 12.6. The van der Waals surface area contributed by atoms with Crippen molar-refractivity contribution in [2.75, 3.05) is 13.7 Å². The number of ether oxygens (including phenoxy) is 1. The van der Waals surface area contributed by atoms with Gasteiger partial charge in [0.2, 0.25) is 11.8 Å². The van der Waals surface area contributed by atoms with Crippen LogP contribution in [0.4, 0.5) is 0 Å². The van der Waals surface area contributed by atoms with Crippen LogP contribution < -0.4 is 10.6 Å². The molecule has 90 valence electrons. The van der Waals surface area contributed by atoms with Gasteiger partial charge in [-0.3, -0.25) is 25.0 Å². The van der Waals surface area contributed by atoms with E-state index in [2.05, 4.69) is 10.6 Å². The van der Waals surface area contributed by atoms with E-state index in [4.69, 9.17) is 9.84 Å². The van der Waals surface area contributed by atoms with E-state index in [1.807, 2.05) is 0 Å². The number of carboxylic acid groups (broad SMARTS) is 1. The highest BCUT2D eigenvalue weighted by atomic mass is 16.5. The molecule has 1 saturated heterocycles. The lowest BCUT2D eigenvalue weighted by molar-refractivity contribution is -0.141. The van der Waals surface area contributed by atoms with Crippen molar-refractivity contribution in [1.29, 1.82) is 0 Å². The van der Waals surface area contributed by atoms with E-state index < -0.39 is 24.0 Å². The van der Waals surface area contributed by atoms with Gasteiger partial charge in [-0.1, -0.05) is 0 Å². The van der Waals surface area contributed by atoms with E-state index >= 15 is 0 Å². The van der Waals surface area contributed by atoms with Crippen LogP contribution in [0.2, 0.25) is 0 Å². The van der Waals surface area contributed by atoms with Crippen LogP contribution in [-0.4, -0.2) is 48.7 Å². The number of nitrogens with one attached hydrogen (secondary N) is 2. The highest BCUT2D eigenvalue weighted by Gasteiger charge is 2.30. The average molecular weight is 230 g/mol. The van der Waals surface area contributed by atoms with E-state index in [-0.39, 0.29) is 18.9 Å². The van der Waals surface area contributed by atoms with Crippen LogP contribution >= 0.6 is 0 Å². The summed E-state index contributed by atoms with van der Waals surface area (Å²) in [6, 6.07) is -1.61. The molecule has 1 fully saturated rings. The third kappa shape index (κ3) is 3.28. The largest absolute Gasteiger partial charge is 0.480 e. The van der Waals surface area contributed by atoms with Crippen molar-refractivity contribution in [2.45, 2.75) is 24.9 Å². The topological polar surface area (TPSA) is 105 Å². The van der Waals surface area contributed by atoms with E-state index in [9.17, 15) is 14.4 Å². The van der Waals surface area contributed by atoms with Gasteiger partial charge in [0.1, 0.15) is 6.04 Å². The lowest BCUT2D eigenvalue weighted by Crippen LogP contribution is -2.56. The third-order valence-electron chi connectivity index (χ3n) is 2.27. The maximum Gasteiger partial charge on any atom is 0.323 e. The van der Waals surface area contributed by atoms with Gasteiger partial charge in [-0.15, -0.1) is 0 Å². The molecule has 0 aliphatic carbocycles. The van der Waals surface area contributed by atoms with Crippen LogP contribution in [-0.2, 0) is 19.1 Å². The molecule has 1 aliphatic heterocycles. The molecular weight excluding hydrogens is 216 g/mol. The zero-order valence-electron chi connectivity index (χ0n) is 8.86. The zero-order valence-corrected chi connectivity index (χ0v) is 8.86. The number of carboxylic acids is 1. The SMILES string of the molecule is COCC(NC1CCC(=O)NC1=O)C(=O)O. The van der Waals surface area contributed by atoms with Crippen molar-refractivity contribution < 1.29 is 24.2 Å². The molecule has 0 radical (unpaired) electrons. The van der Waals surface area contributed by atoms with Crippen molar-refractivity contribution in [3.8, 4) is 0 Å². The average Bonchev–Trinajstić information content (AvgIpc) is 2.20. The van der Waals surface area contributed by atoms with Gasteiger partial charge in [-0.25, -0.2) is 0 Å². The molecule has 0 saturated carbocycles. The molecule has 2 amide bonds. The smallest absolute Gasteiger partial charge is 0.323 e. The molecule has 16 heavy (non-hydrogen) atoms. The number of hydrogen-bond donors (Lipinski definition) is 3. The lowest BCUT2D eigenvalue weighted by atomic mass is 10.1. The number of imide groups is 1. The molecule has 0 bridgehead atoms. The van der Waals surface area contributed by atoms with Gasteiger partial charge in [0, 0.05) is 13.5 Å². The van der Waals surface area contributed by atoms with E-state index in [0.29, 0.717) is 6.42 Å². The van der Waals surface area contributed by atoms with Crippen molar-refractivity contribution in [2.24, 2.45) is 0 Å². The second-order valence-corrected chi connectivity index (χ2v) is 3.52. The van der Waals surface area contributed by atoms with Gasteiger partial charge < -0.3 is 9.84 Å². The van der Waals surface area contributed by atoms with Crippen LogP contribution in [0.15, 0.2) is 0 Å². The Hall–Kier alpha value is -1.47. The fourth-order valence-corrected chi connectivity index (χ4v) is 1.45. The molecule has 1 heterocycles. The second-order valence-electron chi connectivity index (χ2n) is 3.52. The summed E-state index contributed by atoms with van der Waals surface area (Å²) < 4.78 is 4.72. The Morgan fingerprint density at radius 1 is 1.69 bits per heavy atom. The minimum Gasteiger partial charge on any atom is -0.480 e. The van der Waals surface area contributed by atoms with E-state index in [1.165, 1.54) is 7.11 Å². The first-order chi connectivity index (χ1) is 7.54. The minimum absolute atomic E-state index is 0.0347. The Kier molecular flexibility index (Phi) is 4.39. The molecule has 2 atom stereocenters. The Labute approximate surface area is 92.1 Å². The van der Waals surface area contributed by atoms with Gasteiger partial charge in [0.25, 0.3) is 0 Å². The summed E-state index contributed by atoms with van der Waals surface area (Å²) in [6.07, 6.45) is 0.515. The van der Waals surface area contributed by atoms with Gasteiger partial charge in [-0.05, 0) is 6.42 Å². The highest BCUT2D eigenvalue weighted by molar-refractivity contribution is 6.00. The molecule has 0 spiro atoms. The molecule has 0 aromatic heterocycles. The Morgan fingerprint density at radius 2 is 2.38 bits per heavy atom. The summed E-state index contributed by atoms with van der Waals surface area (Å²) in [5, 5.41) is 13.6. The first-order valence-electron chi connectivity index (χ1n) is 4.86.